The van der Waals surface area contributed by atoms with Crippen LogP contribution in [0, 0.1) is 10.8 Å². The van der Waals surface area contributed by atoms with Crippen LogP contribution in [0.4, 0.5) is 5.82 Å². The van der Waals surface area contributed by atoms with Crippen molar-refractivity contribution in [3.8, 4) is 0 Å². The average Bonchev–Trinajstić information content (AvgIpc) is 2.23. The Balaban J connectivity index is 2.27. The minimum atomic E-state index is -3.27. The highest BCUT2D eigenvalue weighted by atomic mass is 32.2. The van der Waals surface area contributed by atoms with Gasteiger partial charge in [-0.3, -0.25) is 0 Å². The van der Waals surface area contributed by atoms with Crippen LogP contribution in [0.5, 0.6) is 0 Å². The Hall–Kier alpha value is -1.10. The van der Waals surface area contributed by atoms with Crippen LogP contribution < -0.4 is 5.32 Å². The van der Waals surface area contributed by atoms with Crippen molar-refractivity contribution in [3.05, 3.63) is 18.3 Å². The van der Waals surface area contributed by atoms with Gasteiger partial charge in [0.1, 0.15) is 10.7 Å². The Morgan fingerprint density at radius 2 is 1.76 bits per heavy atom. The Morgan fingerprint density at radius 1 is 1.19 bits per heavy atom. The summed E-state index contributed by atoms with van der Waals surface area (Å²) in [6, 6.07) is 3.53. The molecule has 1 aliphatic carbocycles. The van der Waals surface area contributed by atoms with Gasteiger partial charge in [-0.1, -0.05) is 27.7 Å². The summed E-state index contributed by atoms with van der Waals surface area (Å²) in [7, 11) is -3.27. The first-order valence-electron chi connectivity index (χ1n) is 7.40. The van der Waals surface area contributed by atoms with Crippen LogP contribution >= 0.6 is 0 Å². The van der Waals surface area contributed by atoms with E-state index in [-0.39, 0.29) is 21.8 Å². The summed E-state index contributed by atoms with van der Waals surface area (Å²) >= 11 is 0. The first kappa shape index (κ1) is 16.3. The number of sulfone groups is 1. The lowest BCUT2D eigenvalue weighted by atomic mass is 9.63. The molecule has 0 spiro atoms. The number of rotatable bonds is 3. The zero-order valence-corrected chi connectivity index (χ0v) is 14.4. The molecule has 0 saturated heterocycles. The molecule has 1 aliphatic rings. The lowest BCUT2D eigenvalue weighted by molar-refractivity contribution is 0.105. The summed E-state index contributed by atoms with van der Waals surface area (Å²) in [5, 5.41) is 3.38. The number of nitrogens with one attached hydrogen (secondary N) is 1. The van der Waals surface area contributed by atoms with Gasteiger partial charge in [-0.25, -0.2) is 13.4 Å². The van der Waals surface area contributed by atoms with E-state index in [1.165, 1.54) is 12.7 Å². The largest absolute Gasteiger partial charge is 0.366 e. The monoisotopic (exact) mass is 310 g/mol. The highest BCUT2D eigenvalue weighted by Gasteiger charge is 2.38. The van der Waals surface area contributed by atoms with Gasteiger partial charge in [0, 0.05) is 18.5 Å². The molecule has 0 unspecified atom stereocenters. The van der Waals surface area contributed by atoms with Crippen molar-refractivity contribution < 1.29 is 8.42 Å². The molecule has 4 nitrogen and oxygen atoms in total. The normalized spacial score (nSPS) is 22.0. The van der Waals surface area contributed by atoms with E-state index >= 15 is 0 Å². The molecular weight excluding hydrogens is 284 g/mol. The third-order valence-corrected chi connectivity index (χ3v) is 5.19. The molecular formula is C16H26N2O2S. The molecule has 0 radical (unpaired) electrons. The van der Waals surface area contributed by atoms with Crippen molar-refractivity contribution in [3.63, 3.8) is 0 Å². The quantitative estimate of drug-likeness (QED) is 0.928. The fourth-order valence-electron chi connectivity index (χ4n) is 3.94. The Bertz CT molecular complexity index is 605. The van der Waals surface area contributed by atoms with Crippen molar-refractivity contribution in [1.29, 1.82) is 0 Å². The number of hydrogen-bond acceptors (Lipinski definition) is 4. The molecule has 0 atom stereocenters. The van der Waals surface area contributed by atoms with Crippen LogP contribution in [0.25, 0.3) is 0 Å². The van der Waals surface area contributed by atoms with Gasteiger partial charge in [0.25, 0.3) is 0 Å². The predicted molar refractivity (Wildman–Crippen MR) is 86.2 cm³/mol. The van der Waals surface area contributed by atoms with Crippen LogP contribution in [-0.4, -0.2) is 25.7 Å². The molecule has 0 amide bonds. The summed E-state index contributed by atoms with van der Waals surface area (Å²) in [5.41, 5.74) is 0.499. The lowest BCUT2D eigenvalue weighted by Crippen LogP contribution is -2.40. The highest BCUT2D eigenvalue weighted by Crippen LogP contribution is 2.46. The van der Waals surface area contributed by atoms with Crippen molar-refractivity contribution in [2.75, 3.05) is 11.6 Å². The number of aromatic nitrogens is 1. The van der Waals surface area contributed by atoms with Gasteiger partial charge in [-0.05, 0) is 42.2 Å². The zero-order chi connectivity index (χ0) is 15.9. The number of nitrogens with zero attached hydrogens (tertiary/aromatic N) is 1. The van der Waals surface area contributed by atoms with Gasteiger partial charge in [-0.15, -0.1) is 0 Å². The van der Waals surface area contributed by atoms with Crippen LogP contribution in [0.1, 0.15) is 47.0 Å². The maximum Gasteiger partial charge on any atom is 0.179 e. The van der Waals surface area contributed by atoms with Crippen molar-refractivity contribution in [2.24, 2.45) is 10.8 Å². The summed E-state index contributed by atoms with van der Waals surface area (Å²) in [4.78, 5) is 4.53. The summed E-state index contributed by atoms with van der Waals surface area (Å²) < 4.78 is 23.7. The fourth-order valence-corrected chi connectivity index (χ4v) is 4.73. The van der Waals surface area contributed by atoms with Gasteiger partial charge in [0.15, 0.2) is 9.84 Å². The molecule has 1 N–H and O–H groups in total. The molecule has 1 saturated carbocycles. The molecule has 1 heterocycles. The van der Waals surface area contributed by atoms with E-state index in [2.05, 4.69) is 38.0 Å². The Kier molecular flexibility index (Phi) is 4.08. The molecule has 0 bridgehead atoms. The zero-order valence-electron chi connectivity index (χ0n) is 13.6. The third-order valence-electron chi connectivity index (χ3n) is 4.07. The van der Waals surface area contributed by atoms with E-state index in [0.717, 1.165) is 12.8 Å². The van der Waals surface area contributed by atoms with Crippen molar-refractivity contribution in [1.82, 2.24) is 4.98 Å². The fraction of sp³-hybridized carbons (Fsp3) is 0.688. The lowest BCUT2D eigenvalue weighted by Gasteiger charge is -2.45. The van der Waals surface area contributed by atoms with Gasteiger partial charge in [-0.2, -0.15) is 0 Å². The third kappa shape index (κ3) is 4.19. The topological polar surface area (TPSA) is 59.1 Å². The Morgan fingerprint density at radius 3 is 2.29 bits per heavy atom. The minimum Gasteiger partial charge on any atom is -0.366 e. The smallest absolute Gasteiger partial charge is 0.179 e. The molecule has 2 rings (SSSR count). The van der Waals surface area contributed by atoms with Crippen molar-refractivity contribution in [2.45, 2.75) is 57.9 Å². The first-order valence-corrected chi connectivity index (χ1v) is 9.29. The predicted octanol–water partition coefficient (Wildman–Crippen LogP) is 3.50. The molecule has 1 aromatic rings. The van der Waals surface area contributed by atoms with E-state index < -0.39 is 9.84 Å². The molecule has 1 aromatic heterocycles. The maximum absolute atomic E-state index is 11.9. The van der Waals surface area contributed by atoms with E-state index in [1.807, 2.05) is 0 Å². The summed E-state index contributed by atoms with van der Waals surface area (Å²) in [6.45, 7) is 9.11. The second-order valence-corrected chi connectivity index (χ2v) is 9.86. The number of anilines is 1. The van der Waals surface area contributed by atoms with Gasteiger partial charge in [0.2, 0.25) is 0 Å². The second kappa shape index (κ2) is 5.27. The molecule has 0 aromatic carbocycles. The van der Waals surface area contributed by atoms with Gasteiger partial charge < -0.3 is 5.32 Å². The van der Waals surface area contributed by atoms with E-state index in [4.69, 9.17) is 0 Å². The van der Waals surface area contributed by atoms with Gasteiger partial charge in [0.05, 0.1) is 0 Å². The summed E-state index contributed by atoms with van der Waals surface area (Å²) in [6.07, 6.45) is 6.09. The van der Waals surface area contributed by atoms with Crippen molar-refractivity contribution >= 4 is 15.7 Å². The molecule has 0 aliphatic heterocycles. The Labute approximate surface area is 128 Å². The standard InChI is InChI=1S/C16H26N2O2S/c1-15(2)9-12(10-16(3,4)11-15)18-14-13(21(5,19)20)7-6-8-17-14/h6-8,12H,9-11H2,1-5H3,(H,17,18). The molecule has 5 heteroatoms. The highest BCUT2D eigenvalue weighted by molar-refractivity contribution is 7.90. The number of hydrogen-bond donors (Lipinski definition) is 1. The SMILES string of the molecule is CC1(C)CC(Nc2ncccc2S(C)(=O)=O)CC(C)(C)C1. The summed E-state index contributed by atoms with van der Waals surface area (Å²) in [5.74, 6) is 0.485. The van der Waals surface area contributed by atoms with E-state index in [1.54, 1.807) is 18.3 Å². The molecule has 21 heavy (non-hydrogen) atoms. The van der Waals surface area contributed by atoms with E-state index in [9.17, 15) is 8.42 Å². The van der Waals surface area contributed by atoms with Crippen LogP contribution in [0.2, 0.25) is 0 Å². The number of pyridine rings is 1. The molecule has 118 valence electrons. The average molecular weight is 310 g/mol. The van der Waals surface area contributed by atoms with Gasteiger partial charge >= 0.3 is 0 Å². The maximum atomic E-state index is 11.9. The van der Waals surface area contributed by atoms with E-state index in [0.29, 0.717) is 5.82 Å². The van der Waals surface area contributed by atoms with Crippen LogP contribution in [0.15, 0.2) is 23.2 Å². The molecule has 1 fully saturated rings. The van der Waals surface area contributed by atoms with Crippen LogP contribution in [-0.2, 0) is 9.84 Å². The minimum absolute atomic E-state index is 0.249. The first-order chi connectivity index (χ1) is 9.49. The van der Waals surface area contributed by atoms with Crippen LogP contribution in [0.3, 0.4) is 0 Å². The second-order valence-electron chi connectivity index (χ2n) is 7.88.